The first kappa shape index (κ1) is 19.1. The molecular weight excluding hydrogens is 373 g/mol. The van der Waals surface area contributed by atoms with Gasteiger partial charge in [-0.15, -0.1) is 11.3 Å². The minimum atomic E-state index is -4.43. The van der Waals surface area contributed by atoms with Gasteiger partial charge in [0.05, 0.1) is 11.3 Å². The van der Waals surface area contributed by atoms with E-state index in [9.17, 15) is 18.0 Å². The molecule has 0 fully saturated rings. The lowest BCUT2D eigenvalue weighted by molar-refractivity contribution is -0.137. The smallest absolute Gasteiger partial charge is 0.284 e. The number of halogens is 3. The number of carbonyl (C=O) groups excluding carboxylic acids is 1. The molecule has 0 radical (unpaired) electrons. The number of hydrogen-bond donors (Lipinski definition) is 0. The van der Waals surface area contributed by atoms with Crippen LogP contribution in [-0.4, -0.2) is 17.4 Å². The lowest BCUT2D eigenvalue weighted by atomic mass is 10.1. The monoisotopic (exact) mass is 390 g/mol. The Morgan fingerprint density at radius 3 is 2.26 bits per heavy atom. The normalized spacial score (nSPS) is 11.4. The maximum Gasteiger partial charge on any atom is 0.416 e. The van der Waals surface area contributed by atoms with Crippen molar-refractivity contribution < 1.29 is 18.0 Å². The lowest BCUT2D eigenvalue weighted by Crippen LogP contribution is -2.30. The minimum Gasteiger partial charge on any atom is -0.284 e. The maximum absolute atomic E-state index is 12.7. The highest BCUT2D eigenvalue weighted by molar-refractivity contribution is 7.14. The molecule has 0 N–H and O–H groups in total. The Morgan fingerprint density at radius 2 is 1.70 bits per heavy atom. The van der Waals surface area contributed by atoms with E-state index in [1.54, 1.807) is 6.92 Å². The van der Waals surface area contributed by atoms with E-state index in [0.717, 1.165) is 29.0 Å². The van der Waals surface area contributed by atoms with E-state index in [-0.39, 0.29) is 11.5 Å². The third-order valence-corrected chi connectivity index (χ3v) is 4.95. The van der Waals surface area contributed by atoms with Crippen molar-refractivity contribution in [3.05, 3.63) is 70.6 Å². The number of alkyl halides is 3. The molecule has 1 aromatic heterocycles. The van der Waals surface area contributed by atoms with Crippen LogP contribution in [0.5, 0.6) is 0 Å². The predicted octanol–water partition coefficient (Wildman–Crippen LogP) is 5.80. The second kappa shape index (κ2) is 7.52. The Morgan fingerprint density at radius 1 is 1.07 bits per heavy atom. The summed E-state index contributed by atoms with van der Waals surface area (Å²) in [6.07, 6.45) is -4.43. The lowest BCUT2D eigenvalue weighted by Gasteiger charge is -2.18. The molecule has 3 aromatic rings. The molecule has 3 rings (SSSR count). The van der Waals surface area contributed by atoms with Crippen molar-refractivity contribution in [1.29, 1.82) is 0 Å². The number of amides is 1. The summed E-state index contributed by atoms with van der Waals surface area (Å²) in [5.41, 5.74) is 2.26. The third kappa shape index (κ3) is 4.19. The van der Waals surface area contributed by atoms with E-state index in [4.69, 9.17) is 0 Å². The molecule has 0 bridgehead atoms. The minimum absolute atomic E-state index is 0.192. The molecule has 140 valence electrons. The van der Waals surface area contributed by atoms with Gasteiger partial charge in [-0.25, -0.2) is 4.98 Å². The van der Waals surface area contributed by atoms with Gasteiger partial charge in [0.25, 0.3) is 5.91 Å². The fraction of sp³-hybridized carbons (Fsp3) is 0.200. The first-order chi connectivity index (χ1) is 12.8. The molecule has 0 aliphatic rings. The van der Waals surface area contributed by atoms with E-state index in [1.165, 1.54) is 28.4 Å². The maximum atomic E-state index is 12.7. The van der Waals surface area contributed by atoms with Crippen molar-refractivity contribution in [2.24, 2.45) is 0 Å². The topological polar surface area (TPSA) is 33.2 Å². The van der Waals surface area contributed by atoms with E-state index in [0.29, 0.717) is 11.7 Å². The van der Waals surface area contributed by atoms with Gasteiger partial charge in [0.15, 0.2) is 5.13 Å². The fourth-order valence-corrected chi connectivity index (χ4v) is 3.46. The van der Waals surface area contributed by atoms with Crippen LogP contribution in [0.4, 0.5) is 18.3 Å². The second-order valence-electron chi connectivity index (χ2n) is 6.01. The van der Waals surface area contributed by atoms with Gasteiger partial charge in [-0.05, 0) is 38.1 Å². The van der Waals surface area contributed by atoms with Crippen molar-refractivity contribution in [3.63, 3.8) is 0 Å². The summed E-state index contributed by atoms with van der Waals surface area (Å²) in [7, 11) is 0. The first-order valence-electron chi connectivity index (χ1n) is 8.31. The molecule has 0 aliphatic carbocycles. The van der Waals surface area contributed by atoms with Crippen LogP contribution in [0.25, 0.3) is 11.3 Å². The zero-order valence-electron chi connectivity index (χ0n) is 14.7. The van der Waals surface area contributed by atoms with E-state index in [2.05, 4.69) is 4.98 Å². The predicted molar refractivity (Wildman–Crippen MR) is 101 cm³/mol. The van der Waals surface area contributed by atoms with Crippen molar-refractivity contribution in [2.75, 3.05) is 11.4 Å². The quantitative estimate of drug-likeness (QED) is 0.564. The SMILES string of the molecule is CCN(C(=O)c1ccc(C(F)(F)F)cc1)c1nc(-c2ccc(C)cc2)cs1. The molecule has 3 nitrogen and oxygen atoms in total. The molecular formula is C20H17F3N2OS. The molecule has 0 aliphatic heterocycles. The highest BCUT2D eigenvalue weighted by atomic mass is 32.1. The van der Waals surface area contributed by atoms with Gasteiger partial charge in [-0.3, -0.25) is 9.69 Å². The largest absolute Gasteiger partial charge is 0.416 e. The number of carbonyl (C=O) groups is 1. The standard InChI is InChI=1S/C20H17F3N2OS/c1-3-25(18(26)15-8-10-16(11-9-15)20(21,22)23)19-24-17(12-27-19)14-6-4-13(2)5-7-14/h4-12H,3H2,1-2H3. The summed E-state index contributed by atoms with van der Waals surface area (Å²) < 4.78 is 38.1. The van der Waals surface area contributed by atoms with Gasteiger partial charge >= 0.3 is 6.18 Å². The van der Waals surface area contributed by atoms with E-state index < -0.39 is 11.7 Å². The molecule has 0 unspecified atom stereocenters. The molecule has 1 amide bonds. The Hall–Kier alpha value is -2.67. The van der Waals surface area contributed by atoms with Gasteiger partial charge in [-0.2, -0.15) is 13.2 Å². The van der Waals surface area contributed by atoms with Crippen LogP contribution in [0.15, 0.2) is 53.9 Å². The second-order valence-corrected chi connectivity index (χ2v) is 6.84. The summed E-state index contributed by atoms with van der Waals surface area (Å²) >= 11 is 1.33. The average Bonchev–Trinajstić information content (AvgIpc) is 3.12. The van der Waals surface area contributed by atoms with Crippen LogP contribution >= 0.6 is 11.3 Å². The van der Waals surface area contributed by atoms with Crippen molar-refractivity contribution >= 4 is 22.4 Å². The van der Waals surface area contributed by atoms with E-state index >= 15 is 0 Å². The first-order valence-corrected chi connectivity index (χ1v) is 9.19. The summed E-state index contributed by atoms with van der Waals surface area (Å²) in [5.74, 6) is -0.379. The number of anilines is 1. The molecule has 0 saturated carbocycles. The Kier molecular flexibility index (Phi) is 5.32. The third-order valence-electron chi connectivity index (χ3n) is 4.09. The molecule has 0 atom stereocenters. The zero-order valence-corrected chi connectivity index (χ0v) is 15.6. The van der Waals surface area contributed by atoms with E-state index in [1.807, 2.05) is 36.6 Å². The number of benzene rings is 2. The molecule has 27 heavy (non-hydrogen) atoms. The number of aromatic nitrogens is 1. The van der Waals surface area contributed by atoms with Crippen LogP contribution < -0.4 is 4.90 Å². The average molecular weight is 390 g/mol. The van der Waals surface area contributed by atoms with Gasteiger partial charge < -0.3 is 0 Å². The number of thiazole rings is 1. The summed E-state index contributed by atoms with van der Waals surface area (Å²) in [6.45, 7) is 4.16. The number of hydrogen-bond acceptors (Lipinski definition) is 3. The van der Waals surface area contributed by atoms with Crippen molar-refractivity contribution in [1.82, 2.24) is 4.98 Å². The molecule has 0 spiro atoms. The number of aryl methyl sites for hydroxylation is 1. The van der Waals surface area contributed by atoms with Crippen LogP contribution in [0.1, 0.15) is 28.4 Å². The highest BCUT2D eigenvalue weighted by Crippen LogP contribution is 2.31. The van der Waals surface area contributed by atoms with Crippen LogP contribution in [0.2, 0.25) is 0 Å². The molecule has 2 aromatic carbocycles. The molecule has 0 saturated heterocycles. The van der Waals surface area contributed by atoms with Gasteiger partial charge in [0, 0.05) is 23.1 Å². The Bertz CT molecular complexity index is 931. The Balaban J connectivity index is 1.84. The van der Waals surface area contributed by atoms with Crippen LogP contribution in [0.3, 0.4) is 0 Å². The summed E-state index contributed by atoms with van der Waals surface area (Å²) in [5, 5.41) is 2.38. The fourth-order valence-electron chi connectivity index (χ4n) is 2.57. The summed E-state index contributed by atoms with van der Waals surface area (Å²) in [6, 6.07) is 12.1. The van der Waals surface area contributed by atoms with Gasteiger partial charge in [0.1, 0.15) is 0 Å². The number of rotatable bonds is 4. The highest BCUT2D eigenvalue weighted by Gasteiger charge is 2.30. The van der Waals surface area contributed by atoms with Crippen molar-refractivity contribution in [3.8, 4) is 11.3 Å². The molecule has 1 heterocycles. The zero-order chi connectivity index (χ0) is 19.6. The molecule has 7 heteroatoms. The van der Waals surface area contributed by atoms with Gasteiger partial charge in [-0.1, -0.05) is 29.8 Å². The summed E-state index contributed by atoms with van der Waals surface area (Å²) in [4.78, 5) is 18.7. The number of nitrogens with zero attached hydrogens (tertiary/aromatic N) is 2. The van der Waals surface area contributed by atoms with Crippen molar-refractivity contribution in [2.45, 2.75) is 20.0 Å². The Labute approximate surface area is 159 Å². The van der Waals surface area contributed by atoms with Crippen LogP contribution in [-0.2, 0) is 6.18 Å². The van der Waals surface area contributed by atoms with Gasteiger partial charge in [0.2, 0.25) is 0 Å². The van der Waals surface area contributed by atoms with Crippen LogP contribution in [0, 0.1) is 6.92 Å².